The third-order valence-corrected chi connectivity index (χ3v) is 5.33. The summed E-state index contributed by atoms with van der Waals surface area (Å²) < 4.78 is 13.2. The topological polar surface area (TPSA) is 64.7 Å². The molecule has 0 radical (unpaired) electrons. The van der Waals surface area contributed by atoms with E-state index in [1.54, 1.807) is 17.0 Å². The summed E-state index contributed by atoms with van der Waals surface area (Å²) in [6, 6.07) is 6.03. The lowest BCUT2D eigenvalue weighted by molar-refractivity contribution is -0.126. The molecule has 3 amide bonds. The van der Waals surface area contributed by atoms with Crippen molar-refractivity contribution in [1.29, 1.82) is 0 Å². The normalized spacial score (nSPS) is 14.9. The van der Waals surface area contributed by atoms with E-state index in [9.17, 15) is 14.0 Å². The van der Waals surface area contributed by atoms with Gasteiger partial charge in [-0.3, -0.25) is 4.79 Å². The first-order chi connectivity index (χ1) is 13.5. The van der Waals surface area contributed by atoms with Crippen LogP contribution >= 0.6 is 0 Å². The predicted molar refractivity (Wildman–Crippen MR) is 108 cm³/mol. The van der Waals surface area contributed by atoms with Gasteiger partial charge in [-0.2, -0.15) is 0 Å². The third-order valence-electron chi connectivity index (χ3n) is 5.33. The lowest BCUT2D eigenvalue weighted by Crippen LogP contribution is -2.46. The Balaban J connectivity index is 1.64. The molecule has 1 heterocycles. The van der Waals surface area contributed by atoms with E-state index in [0.717, 1.165) is 31.6 Å². The first-order valence-electron chi connectivity index (χ1n) is 10.3. The third kappa shape index (κ3) is 7.11. The van der Waals surface area contributed by atoms with Gasteiger partial charge in [-0.25, -0.2) is 9.18 Å². The molecule has 0 atom stereocenters. The molecule has 0 spiro atoms. The number of likely N-dealkylation sites (tertiary alicyclic amines) is 1. The van der Waals surface area contributed by atoms with E-state index in [2.05, 4.69) is 29.4 Å². The highest BCUT2D eigenvalue weighted by Crippen LogP contribution is 2.17. The number of hydrogen-bond donors (Lipinski definition) is 2. The molecule has 7 heteroatoms. The number of urea groups is 1. The minimum Gasteiger partial charge on any atom is -0.356 e. The molecule has 1 aromatic rings. The number of carbonyl (C=O) groups is 2. The maximum atomic E-state index is 13.2. The van der Waals surface area contributed by atoms with E-state index in [4.69, 9.17) is 0 Å². The van der Waals surface area contributed by atoms with Crippen molar-refractivity contribution < 1.29 is 14.0 Å². The zero-order valence-electron chi connectivity index (χ0n) is 17.0. The summed E-state index contributed by atoms with van der Waals surface area (Å²) in [7, 11) is 0. The van der Waals surface area contributed by atoms with Crippen LogP contribution in [0.3, 0.4) is 0 Å². The predicted octanol–water partition coefficient (Wildman–Crippen LogP) is 2.60. The van der Waals surface area contributed by atoms with Crippen molar-refractivity contribution in [1.82, 2.24) is 20.4 Å². The summed E-state index contributed by atoms with van der Waals surface area (Å²) in [6.07, 6.45) is 2.30. The number of nitrogens with zero attached hydrogens (tertiary/aromatic N) is 2. The Labute approximate surface area is 167 Å². The van der Waals surface area contributed by atoms with Crippen LogP contribution in [0.4, 0.5) is 9.18 Å². The van der Waals surface area contributed by atoms with Crippen LogP contribution in [0.2, 0.25) is 0 Å². The molecule has 156 valence electrons. The summed E-state index contributed by atoms with van der Waals surface area (Å²) in [5.74, 6) is -0.240. The first-order valence-corrected chi connectivity index (χ1v) is 10.3. The van der Waals surface area contributed by atoms with Crippen molar-refractivity contribution in [3.8, 4) is 0 Å². The Morgan fingerprint density at radius 2 is 1.89 bits per heavy atom. The van der Waals surface area contributed by atoms with E-state index >= 15 is 0 Å². The second-order valence-corrected chi connectivity index (χ2v) is 7.22. The number of rotatable bonds is 9. The molecule has 1 fully saturated rings. The van der Waals surface area contributed by atoms with Gasteiger partial charge in [0, 0.05) is 32.1 Å². The van der Waals surface area contributed by atoms with Crippen LogP contribution < -0.4 is 10.6 Å². The van der Waals surface area contributed by atoms with Crippen molar-refractivity contribution in [2.75, 3.05) is 39.3 Å². The van der Waals surface area contributed by atoms with E-state index in [1.165, 1.54) is 12.1 Å². The molecule has 28 heavy (non-hydrogen) atoms. The van der Waals surface area contributed by atoms with Crippen molar-refractivity contribution in [2.45, 2.75) is 39.7 Å². The molecule has 1 saturated heterocycles. The van der Waals surface area contributed by atoms with E-state index < -0.39 is 0 Å². The lowest BCUT2D eigenvalue weighted by Gasteiger charge is -2.31. The van der Waals surface area contributed by atoms with Gasteiger partial charge in [-0.05, 0) is 56.6 Å². The molecular weight excluding hydrogens is 359 g/mol. The molecule has 0 unspecified atom stereocenters. The fourth-order valence-electron chi connectivity index (χ4n) is 3.48. The molecular formula is C21H33FN4O2. The number of benzene rings is 1. The minimum absolute atomic E-state index is 0.0271. The van der Waals surface area contributed by atoms with Crippen LogP contribution in [-0.4, -0.2) is 61.0 Å². The molecule has 1 aromatic carbocycles. The number of halogens is 1. The molecule has 1 aliphatic rings. The van der Waals surface area contributed by atoms with Gasteiger partial charge in [-0.15, -0.1) is 0 Å². The lowest BCUT2D eigenvalue weighted by atomic mass is 9.96. The van der Waals surface area contributed by atoms with Crippen molar-refractivity contribution in [3.05, 3.63) is 35.6 Å². The highest BCUT2D eigenvalue weighted by molar-refractivity contribution is 5.79. The summed E-state index contributed by atoms with van der Waals surface area (Å²) in [5.41, 5.74) is 0.729. The van der Waals surface area contributed by atoms with Crippen molar-refractivity contribution in [2.24, 2.45) is 5.92 Å². The maximum Gasteiger partial charge on any atom is 0.317 e. The Morgan fingerprint density at radius 3 is 2.54 bits per heavy atom. The van der Waals surface area contributed by atoms with E-state index in [-0.39, 0.29) is 23.7 Å². The summed E-state index contributed by atoms with van der Waals surface area (Å²) >= 11 is 0. The Morgan fingerprint density at radius 1 is 1.18 bits per heavy atom. The largest absolute Gasteiger partial charge is 0.356 e. The quantitative estimate of drug-likeness (QED) is 0.635. The number of piperidine rings is 1. The van der Waals surface area contributed by atoms with Crippen LogP contribution in [0, 0.1) is 11.7 Å². The zero-order valence-corrected chi connectivity index (χ0v) is 17.0. The van der Waals surface area contributed by atoms with Gasteiger partial charge < -0.3 is 20.4 Å². The molecule has 0 aliphatic carbocycles. The van der Waals surface area contributed by atoms with Crippen LogP contribution in [-0.2, 0) is 11.3 Å². The molecule has 1 aliphatic heterocycles. The fraction of sp³-hybridized carbons (Fsp3) is 0.619. The average Bonchev–Trinajstić information content (AvgIpc) is 2.72. The highest BCUT2D eigenvalue weighted by atomic mass is 19.1. The van der Waals surface area contributed by atoms with Crippen LogP contribution in [0.25, 0.3) is 0 Å². The van der Waals surface area contributed by atoms with Crippen LogP contribution in [0.1, 0.15) is 38.7 Å². The van der Waals surface area contributed by atoms with Gasteiger partial charge in [0.15, 0.2) is 0 Å². The van der Waals surface area contributed by atoms with Crippen molar-refractivity contribution >= 4 is 11.9 Å². The Kier molecular flexibility index (Phi) is 9.20. The SMILES string of the molecule is CCN(CC)CCCNC(=O)C1CCN(C(=O)NCc2cccc(F)c2)CC1. The minimum atomic E-state index is -0.310. The summed E-state index contributed by atoms with van der Waals surface area (Å²) in [6.45, 7) is 9.46. The molecule has 2 N–H and O–H groups in total. The molecule has 2 rings (SSSR count). The standard InChI is InChI=1S/C21H33FN4O2/c1-3-25(4-2)12-6-11-23-20(27)18-9-13-26(14-10-18)21(28)24-16-17-7-5-8-19(22)15-17/h5,7-8,15,18H,3-4,6,9-14,16H2,1-2H3,(H,23,27)(H,24,28). The second kappa shape index (κ2) is 11.6. The number of nitrogens with one attached hydrogen (secondary N) is 2. The van der Waals surface area contributed by atoms with Gasteiger partial charge in [0.05, 0.1) is 0 Å². The van der Waals surface area contributed by atoms with Crippen LogP contribution in [0.5, 0.6) is 0 Å². The highest BCUT2D eigenvalue weighted by Gasteiger charge is 2.27. The first kappa shape index (κ1) is 22.1. The summed E-state index contributed by atoms with van der Waals surface area (Å²) in [4.78, 5) is 28.7. The van der Waals surface area contributed by atoms with Gasteiger partial charge in [0.1, 0.15) is 5.82 Å². The average molecular weight is 393 g/mol. The van der Waals surface area contributed by atoms with Gasteiger partial charge in [0.25, 0.3) is 0 Å². The smallest absolute Gasteiger partial charge is 0.317 e. The number of hydrogen-bond acceptors (Lipinski definition) is 3. The van der Waals surface area contributed by atoms with Crippen LogP contribution in [0.15, 0.2) is 24.3 Å². The molecule has 0 saturated carbocycles. The second-order valence-electron chi connectivity index (χ2n) is 7.22. The number of carbonyl (C=O) groups excluding carboxylic acids is 2. The molecule has 6 nitrogen and oxygen atoms in total. The Hall–Kier alpha value is -2.15. The summed E-state index contributed by atoms with van der Waals surface area (Å²) in [5, 5.41) is 5.85. The van der Waals surface area contributed by atoms with Gasteiger partial charge >= 0.3 is 6.03 Å². The monoisotopic (exact) mass is 392 g/mol. The van der Waals surface area contributed by atoms with Crippen molar-refractivity contribution in [3.63, 3.8) is 0 Å². The zero-order chi connectivity index (χ0) is 20.4. The Bertz CT molecular complexity index is 629. The maximum absolute atomic E-state index is 13.2. The fourth-order valence-corrected chi connectivity index (χ4v) is 3.48. The van der Waals surface area contributed by atoms with Gasteiger partial charge in [-0.1, -0.05) is 26.0 Å². The number of amides is 3. The van der Waals surface area contributed by atoms with E-state index in [1.807, 2.05) is 0 Å². The van der Waals surface area contributed by atoms with Gasteiger partial charge in [0.2, 0.25) is 5.91 Å². The van der Waals surface area contributed by atoms with E-state index in [0.29, 0.717) is 39.0 Å². The molecule has 0 aromatic heterocycles. The molecule has 0 bridgehead atoms.